The Morgan fingerprint density at radius 2 is 1.79 bits per heavy atom. The number of anilines is 1. The second-order valence-corrected chi connectivity index (χ2v) is 2.72. The van der Waals surface area contributed by atoms with E-state index in [0.717, 1.165) is 6.07 Å². The average Bonchev–Trinajstić information content (AvgIpc) is 2.01. The molecule has 14 heavy (non-hydrogen) atoms. The van der Waals surface area contributed by atoms with Crippen LogP contribution in [0.4, 0.5) is 18.9 Å². The summed E-state index contributed by atoms with van der Waals surface area (Å²) in [6, 6.07) is 2.77. The van der Waals surface area contributed by atoms with Gasteiger partial charge in [0.15, 0.2) is 0 Å². The molecule has 0 aromatic heterocycles. The van der Waals surface area contributed by atoms with Crippen molar-refractivity contribution in [3.63, 3.8) is 0 Å². The van der Waals surface area contributed by atoms with Crippen LogP contribution in [0, 0.1) is 0 Å². The maximum absolute atomic E-state index is 12.3. The minimum absolute atomic E-state index is 0.0817. The molecular weight excluding hydrogens is 198 g/mol. The van der Waals surface area contributed by atoms with Crippen molar-refractivity contribution >= 4 is 18.3 Å². The third-order valence-corrected chi connectivity index (χ3v) is 1.66. The Kier molecular flexibility index (Phi) is 2.72. The lowest BCUT2D eigenvalue weighted by molar-refractivity contribution is -0.136. The fraction of sp³-hybridized carbons (Fsp3) is 0.143. The van der Waals surface area contributed by atoms with Crippen molar-refractivity contribution in [2.45, 2.75) is 6.18 Å². The lowest BCUT2D eigenvalue weighted by Gasteiger charge is -2.12. The number of benzene rings is 1. The summed E-state index contributed by atoms with van der Waals surface area (Å²) in [5, 5.41) is 17.3. The highest BCUT2D eigenvalue weighted by atomic mass is 19.4. The van der Waals surface area contributed by atoms with Gasteiger partial charge in [-0.3, -0.25) is 0 Å². The van der Waals surface area contributed by atoms with Crippen LogP contribution in [0.5, 0.6) is 0 Å². The van der Waals surface area contributed by atoms with Crippen molar-refractivity contribution in [1.29, 1.82) is 0 Å². The Morgan fingerprint density at radius 1 is 1.21 bits per heavy atom. The van der Waals surface area contributed by atoms with E-state index in [-0.39, 0.29) is 5.69 Å². The van der Waals surface area contributed by atoms with Gasteiger partial charge in [-0.05, 0) is 17.6 Å². The van der Waals surface area contributed by atoms with E-state index in [9.17, 15) is 13.2 Å². The van der Waals surface area contributed by atoms with E-state index in [1.54, 1.807) is 0 Å². The highest BCUT2D eigenvalue weighted by Crippen LogP contribution is 2.29. The van der Waals surface area contributed by atoms with E-state index in [1.807, 2.05) is 0 Å². The third-order valence-electron chi connectivity index (χ3n) is 1.66. The number of hydrogen-bond acceptors (Lipinski definition) is 3. The molecule has 1 rings (SSSR count). The summed E-state index contributed by atoms with van der Waals surface area (Å²) < 4.78 is 36.9. The van der Waals surface area contributed by atoms with Gasteiger partial charge in [0.25, 0.3) is 0 Å². The highest BCUT2D eigenvalue weighted by Gasteiger charge is 2.36. The molecule has 0 unspecified atom stereocenters. The predicted molar refractivity (Wildman–Crippen MR) is 45.7 cm³/mol. The smallest absolute Gasteiger partial charge is 0.423 e. The number of hydrogen-bond donors (Lipinski definition) is 3. The van der Waals surface area contributed by atoms with E-state index in [0.29, 0.717) is 6.07 Å². The summed E-state index contributed by atoms with van der Waals surface area (Å²) in [7, 11) is -2.16. The Morgan fingerprint density at radius 3 is 2.21 bits per heavy atom. The second kappa shape index (κ2) is 3.51. The van der Waals surface area contributed by atoms with E-state index in [2.05, 4.69) is 0 Å². The van der Waals surface area contributed by atoms with Crippen LogP contribution in [0.25, 0.3) is 0 Å². The zero-order valence-electron chi connectivity index (χ0n) is 6.92. The van der Waals surface area contributed by atoms with Crippen LogP contribution in [-0.4, -0.2) is 17.2 Å². The number of halogens is 3. The van der Waals surface area contributed by atoms with E-state index in [1.165, 1.54) is 6.07 Å². The molecule has 0 saturated heterocycles. The van der Waals surface area contributed by atoms with Gasteiger partial charge in [-0.25, -0.2) is 0 Å². The Bertz CT molecular complexity index is 340. The van der Waals surface area contributed by atoms with Crippen molar-refractivity contribution in [1.82, 2.24) is 0 Å². The molecule has 0 radical (unpaired) electrons. The van der Waals surface area contributed by atoms with Crippen LogP contribution in [0.1, 0.15) is 5.56 Å². The largest absolute Gasteiger partial charge is 0.489 e. The molecule has 0 fully saturated rings. The Hall–Kier alpha value is -1.21. The lowest BCUT2D eigenvalue weighted by Crippen LogP contribution is -2.36. The first-order valence-electron chi connectivity index (χ1n) is 3.65. The van der Waals surface area contributed by atoms with Crippen LogP contribution < -0.4 is 11.2 Å². The van der Waals surface area contributed by atoms with Crippen molar-refractivity contribution in [2.24, 2.45) is 0 Å². The van der Waals surface area contributed by atoms with Crippen molar-refractivity contribution in [3.8, 4) is 0 Å². The Balaban J connectivity index is 3.30. The second-order valence-electron chi connectivity index (χ2n) is 2.72. The van der Waals surface area contributed by atoms with Gasteiger partial charge >= 0.3 is 13.3 Å². The topological polar surface area (TPSA) is 66.5 Å². The first-order chi connectivity index (χ1) is 6.32. The van der Waals surface area contributed by atoms with Gasteiger partial charge < -0.3 is 15.8 Å². The molecule has 0 aliphatic heterocycles. The van der Waals surface area contributed by atoms with Gasteiger partial charge in [0, 0.05) is 5.69 Å². The highest BCUT2D eigenvalue weighted by molar-refractivity contribution is 6.59. The van der Waals surface area contributed by atoms with E-state index < -0.39 is 24.3 Å². The standard InChI is InChI=1S/C7H7BF3NO2/c9-7(10,11)5-3-4(12)1-2-6(5)8(13)14/h1-3,13-14H,12H2. The minimum Gasteiger partial charge on any atom is -0.423 e. The van der Waals surface area contributed by atoms with Gasteiger partial charge in [-0.2, -0.15) is 13.2 Å². The van der Waals surface area contributed by atoms with Crippen molar-refractivity contribution < 1.29 is 23.2 Å². The van der Waals surface area contributed by atoms with Gasteiger partial charge in [0.2, 0.25) is 0 Å². The summed E-state index contributed by atoms with van der Waals surface area (Å²) in [5.41, 5.74) is 3.34. The van der Waals surface area contributed by atoms with Gasteiger partial charge in [0.1, 0.15) is 0 Å². The average molecular weight is 205 g/mol. The number of nitrogen functional groups attached to an aromatic ring is 1. The van der Waals surface area contributed by atoms with Gasteiger partial charge in [-0.1, -0.05) is 6.07 Å². The zero-order chi connectivity index (χ0) is 10.9. The van der Waals surface area contributed by atoms with Crippen molar-refractivity contribution in [2.75, 3.05) is 5.73 Å². The summed E-state index contributed by atoms with van der Waals surface area (Å²) in [4.78, 5) is 0. The van der Waals surface area contributed by atoms with Crippen molar-refractivity contribution in [3.05, 3.63) is 23.8 Å². The number of rotatable bonds is 1. The summed E-state index contributed by atoms with van der Waals surface area (Å²) in [6.07, 6.45) is -4.64. The molecule has 1 aromatic carbocycles. The van der Waals surface area contributed by atoms with E-state index >= 15 is 0 Å². The summed E-state index contributed by atoms with van der Waals surface area (Å²) >= 11 is 0. The van der Waals surface area contributed by atoms with Crippen LogP contribution in [0.2, 0.25) is 0 Å². The van der Waals surface area contributed by atoms with Crippen LogP contribution in [0.15, 0.2) is 18.2 Å². The minimum atomic E-state index is -4.64. The summed E-state index contributed by atoms with van der Waals surface area (Å²) in [6.45, 7) is 0. The molecule has 0 heterocycles. The molecule has 0 bridgehead atoms. The molecule has 0 aliphatic rings. The molecule has 1 aromatic rings. The quantitative estimate of drug-likeness (QED) is 0.445. The van der Waals surface area contributed by atoms with E-state index in [4.69, 9.17) is 15.8 Å². The molecule has 0 aliphatic carbocycles. The molecule has 7 heteroatoms. The first kappa shape index (κ1) is 10.9. The molecule has 3 nitrogen and oxygen atoms in total. The Labute approximate surface area is 78.1 Å². The molecule has 76 valence electrons. The van der Waals surface area contributed by atoms with Crippen LogP contribution in [-0.2, 0) is 6.18 Å². The molecule has 0 saturated carbocycles. The lowest BCUT2D eigenvalue weighted by atomic mass is 9.76. The zero-order valence-corrected chi connectivity index (χ0v) is 6.92. The predicted octanol–water partition coefficient (Wildman–Crippen LogP) is -0.0326. The molecule has 0 amide bonds. The van der Waals surface area contributed by atoms with Gasteiger partial charge in [-0.15, -0.1) is 0 Å². The maximum Gasteiger partial charge on any atom is 0.489 e. The normalized spacial score (nSPS) is 11.5. The first-order valence-corrected chi connectivity index (χ1v) is 3.65. The molecular formula is C7H7BF3NO2. The van der Waals surface area contributed by atoms with Crippen LogP contribution >= 0.6 is 0 Å². The molecule has 0 spiro atoms. The third kappa shape index (κ3) is 2.18. The fourth-order valence-electron chi connectivity index (χ4n) is 1.04. The number of nitrogens with two attached hydrogens (primary N) is 1. The maximum atomic E-state index is 12.3. The molecule has 0 atom stereocenters. The monoisotopic (exact) mass is 205 g/mol. The fourth-order valence-corrected chi connectivity index (χ4v) is 1.04. The van der Waals surface area contributed by atoms with Gasteiger partial charge in [0.05, 0.1) is 5.56 Å². The van der Waals surface area contributed by atoms with Crippen LogP contribution in [0.3, 0.4) is 0 Å². The summed E-state index contributed by atoms with van der Waals surface area (Å²) in [5.74, 6) is 0. The number of alkyl halides is 3. The SMILES string of the molecule is Nc1ccc(B(O)O)c(C(F)(F)F)c1. The molecule has 4 N–H and O–H groups in total.